The van der Waals surface area contributed by atoms with Crippen LogP contribution in [0.15, 0.2) is 22.7 Å². The second kappa shape index (κ2) is 6.71. The number of rotatable bonds is 6. The van der Waals surface area contributed by atoms with Crippen LogP contribution in [0.4, 0.5) is 5.69 Å². The van der Waals surface area contributed by atoms with E-state index >= 15 is 0 Å². The summed E-state index contributed by atoms with van der Waals surface area (Å²) in [5.41, 5.74) is -0.0452. The SMILES string of the molecule is CCOC(=O)CS(=O)(=O)Nc1cc(C(=O)O)ccc1Br. The number of benzene rings is 1. The molecule has 0 aliphatic carbocycles. The third-order valence-electron chi connectivity index (χ3n) is 2.09. The molecular formula is C11H12BrNO6S. The summed E-state index contributed by atoms with van der Waals surface area (Å²) in [6.07, 6.45) is 0. The molecule has 0 bridgehead atoms. The Morgan fingerprint density at radius 2 is 2.05 bits per heavy atom. The number of esters is 1. The predicted octanol–water partition coefficient (Wildman–Crippen LogP) is 1.45. The maximum Gasteiger partial charge on any atom is 0.335 e. The van der Waals surface area contributed by atoms with E-state index in [0.717, 1.165) is 6.07 Å². The van der Waals surface area contributed by atoms with Crippen LogP contribution >= 0.6 is 15.9 Å². The Morgan fingerprint density at radius 3 is 2.60 bits per heavy atom. The molecule has 110 valence electrons. The molecule has 0 heterocycles. The molecular weight excluding hydrogens is 354 g/mol. The first-order valence-corrected chi connectivity index (χ1v) is 7.88. The van der Waals surface area contributed by atoms with E-state index in [1.54, 1.807) is 6.92 Å². The summed E-state index contributed by atoms with van der Waals surface area (Å²) in [6.45, 7) is 1.64. The molecule has 20 heavy (non-hydrogen) atoms. The summed E-state index contributed by atoms with van der Waals surface area (Å²) >= 11 is 3.09. The number of sulfonamides is 1. The van der Waals surface area contributed by atoms with Crippen LogP contribution in [-0.4, -0.2) is 37.8 Å². The lowest BCUT2D eigenvalue weighted by atomic mass is 10.2. The largest absolute Gasteiger partial charge is 0.478 e. The lowest BCUT2D eigenvalue weighted by molar-refractivity contribution is -0.139. The highest BCUT2D eigenvalue weighted by Gasteiger charge is 2.19. The fraction of sp³-hybridized carbons (Fsp3) is 0.273. The van der Waals surface area contributed by atoms with Gasteiger partial charge in [0.05, 0.1) is 17.9 Å². The van der Waals surface area contributed by atoms with Gasteiger partial charge in [0.15, 0.2) is 5.75 Å². The first-order chi connectivity index (χ1) is 9.25. The molecule has 9 heteroatoms. The molecule has 0 amide bonds. The Balaban J connectivity index is 2.94. The van der Waals surface area contributed by atoms with Crippen molar-refractivity contribution >= 4 is 43.6 Å². The zero-order valence-corrected chi connectivity index (χ0v) is 12.8. The summed E-state index contributed by atoms with van der Waals surface area (Å²) < 4.78 is 30.5. The van der Waals surface area contributed by atoms with Crippen molar-refractivity contribution in [3.05, 3.63) is 28.2 Å². The number of carbonyl (C=O) groups is 2. The minimum Gasteiger partial charge on any atom is -0.478 e. The quantitative estimate of drug-likeness (QED) is 0.738. The predicted molar refractivity (Wildman–Crippen MR) is 75.1 cm³/mol. The van der Waals surface area contributed by atoms with Crippen LogP contribution in [0.2, 0.25) is 0 Å². The Hall–Kier alpha value is -1.61. The fourth-order valence-corrected chi connectivity index (χ4v) is 2.74. The van der Waals surface area contributed by atoms with E-state index in [-0.39, 0.29) is 17.9 Å². The molecule has 0 saturated heterocycles. The fourth-order valence-electron chi connectivity index (χ4n) is 1.30. The van der Waals surface area contributed by atoms with Crippen LogP contribution in [0.3, 0.4) is 0 Å². The molecule has 1 aromatic carbocycles. The third kappa shape index (κ3) is 4.82. The maximum atomic E-state index is 11.7. The monoisotopic (exact) mass is 365 g/mol. The van der Waals surface area contributed by atoms with E-state index in [4.69, 9.17) is 5.11 Å². The van der Waals surface area contributed by atoms with Gasteiger partial charge >= 0.3 is 11.9 Å². The van der Waals surface area contributed by atoms with Crippen LogP contribution in [0.1, 0.15) is 17.3 Å². The molecule has 0 aromatic heterocycles. The smallest absolute Gasteiger partial charge is 0.335 e. The highest BCUT2D eigenvalue weighted by molar-refractivity contribution is 9.10. The molecule has 1 aromatic rings. The lowest BCUT2D eigenvalue weighted by Gasteiger charge is -2.10. The van der Waals surface area contributed by atoms with Crippen LogP contribution < -0.4 is 4.72 Å². The number of hydrogen-bond donors (Lipinski definition) is 2. The van der Waals surface area contributed by atoms with E-state index in [0.29, 0.717) is 4.47 Å². The number of nitrogens with one attached hydrogen (secondary N) is 1. The van der Waals surface area contributed by atoms with E-state index < -0.39 is 27.7 Å². The molecule has 0 aliphatic rings. The third-order valence-corrected chi connectivity index (χ3v) is 3.93. The van der Waals surface area contributed by atoms with Crippen molar-refractivity contribution < 1.29 is 27.9 Å². The van der Waals surface area contributed by atoms with E-state index in [1.807, 2.05) is 0 Å². The lowest BCUT2D eigenvalue weighted by Crippen LogP contribution is -2.24. The Bertz CT molecular complexity index is 628. The van der Waals surface area contributed by atoms with Gasteiger partial charge in [-0.3, -0.25) is 9.52 Å². The van der Waals surface area contributed by atoms with Crippen molar-refractivity contribution in [1.82, 2.24) is 0 Å². The van der Waals surface area contributed by atoms with E-state index in [9.17, 15) is 18.0 Å². The van der Waals surface area contributed by atoms with Crippen molar-refractivity contribution in [2.24, 2.45) is 0 Å². The average Bonchev–Trinajstić information content (AvgIpc) is 2.30. The van der Waals surface area contributed by atoms with E-state index in [2.05, 4.69) is 25.4 Å². The van der Waals surface area contributed by atoms with Gasteiger partial charge in [-0.2, -0.15) is 0 Å². The first kappa shape index (κ1) is 16.4. The number of hydrogen-bond acceptors (Lipinski definition) is 5. The van der Waals surface area contributed by atoms with Crippen molar-refractivity contribution in [1.29, 1.82) is 0 Å². The molecule has 0 saturated carbocycles. The topological polar surface area (TPSA) is 110 Å². The standard InChI is InChI=1S/C11H12BrNO6S/c1-2-19-10(14)6-20(17,18)13-9-5-7(11(15)16)3-4-8(9)12/h3-5,13H,2,6H2,1H3,(H,15,16). The Morgan fingerprint density at radius 1 is 1.40 bits per heavy atom. The zero-order valence-electron chi connectivity index (χ0n) is 10.4. The highest BCUT2D eigenvalue weighted by atomic mass is 79.9. The summed E-state index contributed by atoms with van der Waals surface area (Å²) in [5, 5.41) is 8.85. The molecule has 2 N–H and O–H groups in total. The average molecular weight is 366 g/mol. The minimum absolute atomic E-state index is 0.0363. The molecule has 0 fully saturated rings. The summed E-state index contributed by atoms with van der Waals surface area (Å²) in [7, 11) is -3.97. The van der Waals surface area contributed by atoms with Gasteiger partial charge < -0.3 is 9.84 Å². The second-order valence-corrected chi connectivity index (χ2v) is 6.24. The molecule has 0 spiro atoms. The second-order valence-electron chi connectivity index (χ2n) is 3.67. The number of carboxylic acid groups (broad SMARTS) is 1. The molecule has 0 radical (unpaired) electrons. The number of anilines is 1. The number of ether oxygens (including phenoxy) is 1. The van der Waals surface area contributed by atoms with Crippen molar-refractivity contribution in [3.8, 4) is 0 Å². The summed E-state index contributed by atoms with van der Waals surface area (Å²) in [6, 6.07) is 3.86. The molecule has 0 atom stereocenters. The highest BCUT2D eigenvalue weighted by Crippen LogP contribution is 2.24. The molecule has 7 nitrogen and oxygen atoms in total. The number of carbonyl (C=O) groups excluding carboxylic acids is 1. The summed E-state index contributed by atoms with van der Waals surface area (Å²) in [5.74, 6) is -2.92. The van der Waals surface area contributed by atoms with Gasteiger partial charge in [-0.05, 0) is 41.1 Å². The zero-order chi connectivity index (χ0) is 15.3. The van der Waals surface area contributed by atoms with Crippen LogP contribution in [0.5, 0.6) is 0 Å². The van der Waals surface area contributed by atoms with Crippen LogP contribution in [0, 0.1) is 0 Å². The normalized spacial score (nSPS) is 10.9. The van der Waals surface area contributed by atoms with Gasteiger partial charge in [-0.25, -0.2) is 13.2 Å². The minimum atomic E-state index is -3.97. The summed E-state index contributed by atoms with van der Waals surface area (Å²) in [4.78, 5) is 22.0. The Kier molecular flexibility index (Phi) is 5.52. The van der Waals surface area contributed by atoms with Crippen molar-refractivity contribution in [2.75, 3.05) is 17.1 Å². The number of halogens is 1. The van der Waals surface area contributed by atoms with Gasteiger partial charge in [0.1, 0.15) is 0 Å². The van der Waals surface area contributed by atoms with Gasteiger partial charge in [-0.1, -0.05) is 0 Å². The maximum absolute atomic E-state index is 11.7. The van der Waals surface area contributed by atoms with Gasteiger partial charge in [0, 0.05) is 4.47 Å². The first-order valence-electron chi connectivity index (χ1n) is 5.44. The molecule has 0 unspecified atom stereocenters. The Labute approximate surface area is 124 Å². The van der Waals surface area contributed by atoms with Gasteiger partial charge in [0.25, 0.3) is 0 Å². The molecule has 1 rings (SSSR count). The van der Waals surface area contributed by atoms with Crippen LogP contribution in [-0.2, 0) is 19.6 Å². The number of aromatic carboxylic acids is 1. The molecule has 0 aliphatic heterocycles. The van der Waals surface area contributed by atoms with Gasteiger partial charge in [-0.15, -0.1) is 0 Å². The van der Waals surface area contributed by atoms with E-state index in [1.165, 1.54) is 12.1 Å². The van der Waals surface area contributed by atoms with Gasteiger partial charge in [0.2, 0.25) is 10.0 Å². The van der Waals surface area contributed by atoms with Crippen molar-refractivity contribution in [3.63, 3.8) is 0 Å². The number of carboxylic acids is 1. The van der Waals surface area contributed by atoms with Crippen LogP contribution in [0.25, 0.3) is 0 Å². The van der Waals surface area contributed by atoms with Crippen molar-refractivity contribution in [2.45, 2.75) is 6.92 Å².